The van der Waals surface area contributed by atoms with Crippen molar-refractivity contribution in [2.45, 2.75) is 5.51 Å². The van der Waals surface area contributed by atoms with Crippen molar-refractivity contribution in [3.8, 4) is 0 Å². The fraction of sp³-hybridized carbons (Fsp3) is 0.909. The average Bonchev–Trinajstić information content (AvgIpc) is 2.48. The molecule has 0 spiro atoms. The molecule has 0 unspecified atom stereocenters. The lowest BCUT2D eigenvalue weighted by Gasteiger charge is -2.50. The van der Waals surface area contributed by atoms with E-state index in [1.165, 1.54) is 0 Å². The van der Waals surface area contributed by atoms with E-state index in [0.29, 0.717) is 13.7 Å². The van der Waals surface area contributed by atoms with Crippen molar-refractivity contribution in [2.24, 2.45) is 0 Å². The van der Waals surface area contributed by atoms with Gasteiger partial charge in [-0.1, -0.05) is 0 Å². The number of hydrogen-bond donors (Lipinski definition) is 1. The second-order valence-corrected chi connectivity index (χ2v) is 6.98. The SMILES string of the molecule is COS(=O)(=O)C(F)(F)F.O=C(CO)C[N+]12CCN(CC1)CC2. The summed E-state index contributed by atoms with van der Waals surface area (Å²) in [4.78, 5) is 13.6. The molecule has 3 fully saturated rings. The van der Waals surface area contributed by atoms with Gasteiger partial charge in [-0.3, -0.25) is 13.9 Å². The first kappa shape index (κ1) is 19.3. The first-order valence-corrected chi connectivity index (χ1v) is 8.03. The summed E-state index contributed by atoms with van der Waals surface area (Å²) in [5.41, 5.74) is -5.30. The molecule has 3 heterocycles. The topological polar surface area (TPSA) is 83.9 Å². The van der Waals surface area contributed by atoms with Crippen LogP contribution in [0.3, 0.4) is 0 Å². The van der Waals surface area contributed by atoms with Crippen molar-refractivity contribution in [2.75, 3.05) is 59.5 Å². The first-order valence-electron chi connectivity index (χ1n) is 6.62. The lowest BCUT2D eigenvalue weighted by Crippen LogP contribution is -2.68. The molecule has 0 aromatic carbocycles. The highest BCUT2D eigenvalue weighted by Crippen LogP contribution is 2.23. The molecule has 3 saturated heterocycles. The maximum Gasteiger partial charge on any atom is 0.523 e. The second-order valence-electron chi connectivity index (χ2n) is 5.28. The smallest absolute Gasteiger partial charge is 0.388 e. The maximum atomic E-state index is 11.2. The summed E-state index contributed by atoms with van der Waals surface area (Å²) in [5, 5.41) is 8.72. The van der Waals surface area contributed by atoms with Crippen molar-refractivity contribution < 1.29 is 40.2 Å². The molecule has 22 heavy (non-hydrogen) atoms. The highest BCUT2D eigenvalue weighted by molar-refractivity contribution is 7.87. The summed E-state index contributed by atoms with van der Waals surface area (Å²) in [7, 11) is -4.89. The van der Waals surface area contributed by atoms with Gasteiger partial charge in [-0.25, -0.2) is 0 Å². The van der Waals surface area contributed by atoms with E-state index in [9.17, 15) is 26.4 Å². The molecule has 0 radical (unpaired) electrons. The van der Waals surface area contributed by atoms with Gasteiger partial charge in [0.1, 0.15) is 13.2 Å². The number of aliphatic hydroxyl groups is 1. The van der Waals surface area contributed by atoms with E-state index in [2.05, 4.69) is 9.08 Å². The third-order valence-corrected chi connectivity index (χ3v) is 4.87. The maximum absolute atomic E-state index is 11.2. The van der Waals surface area contributed by atoms with Crippen molar-refractivity contribution in [1.29, 1.82) is 0 Å². The Morgan fingerprint density at radius 2 is 1.68 bits per heavy atom. The van der Waals surface area contributed by atoms with Crippen LogP contribution in [0.4, 0.5) is 13.2 Å². The van der Waals surface area contributed by atoms with Gasteiger partial charge in [-0.15, -0.1) is 0 Å². The molecule has 0 aliphatic carbocycles. The zero-order chi connectivity index (χ0) is 17.0. The number of Topliss-reactive ketones (excluding diaryl/α,β-unsaturated/α-hetero) is 1. The van der Waals surface area contributed by atoms with E-state index in [1.807, 2.05) is 0 Å². The lowest BCUT2D eigenvalue weighted by molar-refractivity contribution is -0.933. The number of ketones is 1. The van der Waals surface area contributed by atoms with Gasteiger partial charge in [0.2, 0.25) is 5.78 Å². The molecule has 3 aliphatic rings. The number of carbonyl (C=O) groups excluding carboxylic acids is 1. The zero-order valence-electron chi connectivity index (χ0n) is 12.2. The van der Waals surface area contributed by atoms with Gasteiger partial charge in [0, 0.05) is 19.6 Å². The number of quaternary nitrogens is 1. The van der Waals surface area contributed by atoms with Crippen LogP contribution < -0.4 is 0 Å². The summed E-state index contributed by atoms with van der Waals surface area (Å²) < 4.78 is 56.8. The minimum atomic E-state index is -5.34. The standard InChI is InChI=1S/C9H17N2O2.C2H3F3O3S/c12-8-9(13)7-11-4-1-10(2-5-11)3-6-11;1-8-9(6,7)2(3,4)5/h12H,1-8H2;1H3/q+1;. The van der Waals surface area contributed by atoms with Crippen molar-refractivity contribution in [3.05, 3.63) is 0 Å². The largest absolute Gasteiger partial charge is 0.523 e. The van der Waals surface area contributed by atoms with Gasteiger partial charge < -0.3 is 9.59 Å². The Hall–Kier alpha value is -0.750. The molecule has 11 heteroatoms. The van der Waals surface area contributed by atoms with Gasteiger partial charge in [0.15, 0.2) is 0 Å². The molecule has 1 N–H and O–H groups in total. The summed E-state index contributed by atoms with van der Waals surface area (Å²) in [6.07, 6.45) is 0. The van der Waals surface area contributed by atoms with Crippen LogP contribution >= 0.6 is 0 Å². The van der Waals surface area contributed by atoms with Gasteiger partial charge in [0.05, 0.1) is 26.7 Å². The predicted molar refractivity (Wildman–Crippen MR) is 70.2 cm³/mol. The summed E-state index contributed by atoms with van der Waals surface area (Å²) in [5.74, 6) is -0.00431. The van der Waals surface area contributed by atoms with Crippen molar-refractivity contribution >= 4 is 15.9 Å². The number of aliphatic hydroxyl groups excluding tert-OH is 1. The van der Waals surface area contributed by atoms with Crippen LogP contribution in [0, 0.1) is 0 Å². The minimum absolute atomic E-state index is 0.00431. The summed E-state index contributed by atoms with van der Waals surface area (Å²) in [6.45, 7) is 6.90. The van der Waals surface area contributed by atoms with Crippen LogP contribution in [-0.4, -0.2) is 93.7 Å². The number of piperazine rings is 3. The number of halogens is 3. The number of hydrogen-bond acceptors (Lipinski definition) is 6. The Balaban J connectivity index is 0.000000239. The molecule has 0 atom stereocenters. The molecule has 3 aliphatic heterocycles. The number of fused-ring (bicyclic) bond motifs is 3. The highest BCUT2D eigenvalue weighted by Gasteiger charge is 2.46. The van der Waals surface area contributed by atoms with E-state index in [4.69, 9.17) is 5.11 Å². The van der Waals surface area contributed by atoms with E-state index in [0.717, 1.165) is 43.8 Å². The molecule has 3 rings (SSSR count). The number of nitrogens with zero attached hydrogens (tertiary/aromatic N) is 2. The summed E-state index contributed by atoms with van der Waals surface area (Å²) in [6, 6.07) is 0. The fourth-order valence-electron chi connectivity index (χ4n) is 2.49. The van der Waals surface area contributed by atoms with Crippen molar-refractivity contribution in [3.63, 3.8) is 0 Å². The third-order valence-electron chi connectivity index (χ3n) is 3.86. The number of alkyl halides is 3. The number of carbonyl (C=O) groups is 1. The molecule has 130 valence electrons. The van der Waals surface area contributed by atoms with Gasteiger partial charge in [-0.05, 0) is 0 Å². The molecule has 0 aromatic rings. The normalized spacial score (nSPS) is 28.0. The molecule has 2 bridgehead atoms. The Morgan fingerprint density at radius 1 is 1.23 bits per heavy atom. The number of rotatable bonds is 4. The Labute approximate surface area is 127 Å². The lowest BCUT2D eigenvalue weighted by atomic mass is 10.1. The van der Waals surface area contributed by atoms with Gasteiger partial charge in [-0.2, -0.15) is 21.6 Å². The Kier molecular flexibility index (Phi) is 6.33. The second kappa shape index (κ2) is 7.21. The minimum Gasteiger partial charge on any atom is -0.388 e. The monoisotopic (exact) mass is 349 g/mol. The third kappa shape index (κ3) is 4.88. The van der Waals surface area contributed by atoms with Gasteiger partial charge >= 0.3 is 15.6 Å². The van der Waals surface area contributed by atoms with Crippen LogP contribution in [0.5, 0.6) is 0 Å². The van der Waals surface area contributed by atoms with E-state index >= 15 is 0 Å². The van der Waals surface area contributed by atoms with E-state index < -0.39 is 15.6 Å². The molecule has 0 saturated carbocycles. The summed E-state index contributed by atoms with van der Waals surface area (Å²) >= 11 is 0. The molecule has 0 aromatic heterocycles. The van der Waals surface area contributed by atoms with E-state index in [1.54, 1.807) is 0 Å². The quantitative estimate of drug-likeness (QED) is 0.405. The molecular weight excluding hydrogens is 329 g/mol. The fourth-order valence-corrected chi connectivity index (χ4v) is 2.68. The Bertz CT molecular complexity index is 473. The van der Waals surface area contributed by atoms with Crippen molar-refractivity contribution in [1.82, 2.24) is 4.90 Å². The Morgan fingerprint density at radius 3 is 1.95 bits per heavy atom. The van der Waals surface area contributed by atoms with E-state index in [-0.39, 0.29) is 12.4 Å². The predicted octanol–water partition coefficient (Wildman–Crippen LogP) is -0.824. The highest BCUT2D eigenvalue weighted by atomic mass is 32.2. The molecular formula is C11H20F3N2O5S+. The molecule has 7 nitrogen and oxygen atoms in total. The van der Waals surface area contributed by atoms with Crippen LogP contribution in [0.25, 0.3) is 0 Å². The van der Waals surface area contributed by atoms with Crippen LogP contribution in [-0.2, 0) is 19.1 Å². The van der Waals surface area contributed by atoms with Gasteiger partial charge in [0.25, 0.3) is 0 Å². The first-order chi connectivity index (χ1) is 10.1. The van der Waals surface area contributed by atoms with Crippen LogP contribution in [0.15, 0.2) is 0 Å². The van der Waals surface area contributed by atoms with Crippen LogP contribution in [0.1, 0.15) is 0 Å². The molecule has 0 amide bonds. The average molecular weight is 349 g/mol. The van der Waals surface area contributed by atoms with Crippen LogP contribution in [0.2, 0.25) is 0 Å². The zero-order valence-corrected chi connectivity index (χ0v) is 13.0.